The van der Waals surface area contributed by atoms with E-state index in [9.17, 15) is 14.9 Å². The summed E-state index contributed by atoms with van der Waals surface area (Å²) in [5, 5.41) is 14.6. The lowest BCUT2D eigenvalue weighted by molar-refractivity contribution is -0.383. The molecule has 0 aromatic heterocycles. The lowest BCUT2D eigenvalue weighted by atomic mass is 9.71. The van der Waals surface area contributed by atoms with Gasteiger partial charge in [-0.2, -0.15) is 0 Å². The van der Waals surface area contributed by atoms with E-state index in [1.807, 2.05) is 0 Å². The molecule has 1 aromatic carbocycles. The standard InChI is InChI=1S/C15H14Cl2N2O3/c16-10-5-6-11(12(7-10)19(21)22)18-15(20)13-8-1-3-9(4-2-8)14(13)17/h5-9H,1-4H2,(H,18,20). The zero-order valence-corrected chi connectivity index (χ0v) is 13.2. The van der Waals surface area contributed by atoms with E-state index in [0.29, 0.717) is 10.6 Å². The number of nitrogens with zero attached hydrogens (tertiary/aromatic N) is 1. The van der Waals surface area contributed by atoms with Crippen LogP contribution in [-0.4, -0.2) is 10.8 Å². The minimum atomic E-state index is -0.565. The largest absolute Gasteiger partial charge is 0.316 e. The Kier molecular flexibility index (Phi) is 4.10. The molecule has 116 valence electrons. The number of fused-ring (bicyclic) bond motifs is 2. The van der Waals surface area contributed by atoms with Crippen LogP contribution in [0.4, 0.5) is 11.4 Å². The van der Waals surface area contributed by atoms with Crippen LogP contribution in [-0.2, 0) is 4.79 Å². The Hall–Kier alpha value is -1.59. The lowest BCUT2D eigenvalue weighted by Gasteiger charge is -2.37. The quantitative estimate of drug-likeness (QED) is 0.650. The highest BCUT2D eigenvalue weighted by molar-refractivity contribution is 6.33. The highest BCUT2D eigenvalue weighted by Gasteiger charge is 2.37. The number of carbonyl (C=O) groups excluding carboxylic acids is 1. The zero-order valence-electron chi connectivity index (χ0n) is 11.6. The SMILES string of the molecule is O=C(Nc1ccc(Cl)cc1[N+](=O)[O-])C1=C(Cl)C2CCC1CC2. The summed E-state index contributed by atoms with van der Waals surface area (Å²) in [6.45, 7) is 0. The van der Waals surface area contributed by atoms with Gasteiger partial charge in [0, 0.05) is 21.7 Å². The number of nitro groups is 1. The van der Waals surface area contributed by atoms with Crippen molar-refractivity contribution < 1.29 is 9.72 Å². The fraction of sp³-hybridized carbons (Fsp3) is 0.400. The molecule has 1 aromatic rings. The Morgan fingerprint density at radius 3 is 2.41 bits per heavy atom. The van der Waals surface area contributed by atoms with Crippen molar-refractivity contribution in [2.75, 3.05) is 5.32 Å². The third kappa shape index (κ3) is 2.71. The maximum absolute atomic E-state index is 12.5. The number of halogens is 2. The van der Waals surface area contributed by atoms with Crippen molar-refractivity contribution in [3.05, 3.63) is 43.9 Å². The first kappa shape index (κ1) is 15.3. The molecule has 7 heteroatoms. The van der Waals surface area contributed by atoms with E-state index in [0.717, 1.165) is 25.7 Å². The summed E-state index contributed by atoms with van der Waals surface area (Å²) in [4.78, 5) is 23.0. The third-order valence-corrected chi connectivity index (χ3v) is 5.15. The van der Waals surface area contributed by atoms with Crippen LogP contribution in [0.3, 0.4) is 0 Å². The molecule has 1 saturated carbocycles. The zero-order chi connectivity index (χ0) is 15.9. The van der Waals surface area contributed by atoms with E-state index in [1.165, 1.54) is 18.2 Å². The van der Waals surface area contributed by atoms with Gasteiger partial charge in [0.05, 0.1) is 4.92 Å². The van der Waals surface area contributed by atoms with Gasteiger partial charge in [-0.05, 0) is 49.7 Å². The number of anilines is 1. The predicted octanol–water partition coefficient (Wildman–Crippen LogP) is 4.50. The molecule has 22 heavy (non-hydrogen) atoms. The summed E-state index contributed by atoms with van der Waals surface area (Å²) in [5.41, 5.74) is 0.504. The molecule has 1 N–H and O–H groups in total. The van der Waals surface area contributed by atoms with Crippen molar-refractivity contribution in [3.8, 4) is 0 Å². The molecule has 0 heterocycles. The summed E-state index contributed by atoms with van der Waals surface area (Å²) >= 11 is 12.1. The van der Waals surface area contributed by atoms with Gasteiger partial charge in [0.2, 0.25) is 0 Å². The predicted molar refractivity (Wildman–Crippen MR) is 85.1 cm³/mol. The number of nitro benzene ring substituents is 1. The molecule has 3 aliphatic carbocycles. The molecule has 0 saturated heterocycles. The normalized spacial score (nSPS) is 23.5. The molecule has 1 fully saturated rings. The Balaban J connectivity index is 1.90. The van der Waals surface area contributed by atoms with Gasteiger partial charge in [0.15, 0.2) is 0 Å². The second-order valence-electron chi connectivity index (χ2n) is 5.68. The van der Waals surface area contributed by atoms with Crippen LogP contribution >= 0.6 is 23.2 Å². The summed E-state index contributed by atoms with van der Waals surface area (Å²) in [6, 6.07) is 4.17. The first-order valence-electron chi connectivity index (χ1n) is 7.12. The number of benzene rings is 1. The Morgan fingerprint density at radius 1 is 1.18 bits per heavy atom. The topological polar surface area (TPSA) is 72.2 Å². The number of rotatable bonds is 3. The van der Waals surface area contributed by atoms with Gasteiger partial charge in [-0.3, -0.25) is 14.9 Å². The van der Waals surface area contributed by atoms with Crippen molar-refractivity contribution >= 4 is 40.5 Å². The average Bonchev–Trinajstić information content (AvgIpc) is 2.49. The van der Waals surface area contributed by atoms with Crippen LogP contribution in [0.5, 0.6) is 0 Å². The molecular weight excluding hydrogens is 327 g/mol. The molecule has 5 nitrogen and oxygen atoms in total. The van der Waals surface area contributed by atoms with Gasteiger partial charge in [-0.15, -0.1) is 0 Å². The van der Waals surface area contributed by atoms with Gasteiger partial charge in [-0.1, -0.05) is 23.2 Å². The maximum atomic E-state index is 12.5. The van der Waals surface area contributed by atoms with E-state index in [-0.39, 0.29) is 34.1 Å². The minimum absolute atomic E-state index is 0.137. The van der Waals surface area contributed by atoms with Crippen LogP contribution in [0.1, 0.15) is 25.7 Å². The second kappa shape index (κ2) is 5.89. The fourth-order valence-corrected chi connectivity index (χ4v) is 3.92. The Morgan fingerprint density at radius 2 is 1.82 bits per heavy atom. The van der Waals surface area contributed by atoms with Crippen LogP contribution < -0.4 is 5.32 Å². The highest BCUT2D eigenvalue weighted by Crippen LogP contribution is 2.47. The van der Waals surface area contributed by atoms with E-state index in [2.05, 4.69) is 5.32 Å². The molecule has 0 aliphatic heterocycles. The lowest BCUT2D eigenvalue weighted by Crippen LogP contribution is -2.31. The number of hydrogen-bond donors (Lipinski definition) is 1. The first-order chi connectivity index (χ1) is 10.5. The Labute approximate surface area is 137 Å². The van der Waals surface area contributed by atoms with Crippen LogP contribution in [0.2, 0.25) is 5.02 Å². The Bertz CT molecular complexity index is 679. The van der Waals surface area contributed by atoms with Crippen molar-refractivity contribution in [2.24, 2.45) is 11.8 Å². The van der Waals surface area contributed by atoms with Gasteiger partial charge >= 0.3 is 0 Å². The molecule has 4 rings (SSSR count). The smallest absolute Gasteiger partial charge is 0.294 e. The van der Waals surface area contributed by atoms with Gasteiger partial charge in [-0.25, -0.2) is 0 Å². The van der Waals surface area contributed by atoms with Crippen molar-refractivity contribution in [2.45, 2.75) is 25.7 Å². The molecule has 3 aliphatic rings. The molecule has 2 bridgehead atoms. The molecular formula is C15H14Cl2N2O3. The van der Waals surface area contributed by atoms with E-state index >= 15 is 0 Å². The van der Waals surface area contributed by atoms with Crippen LogP contribution in [0, 0.1) is 22.0 Å². The molecule has 0 radical (unpaired) electrons. The summed E-state index contributed by atoms with van der Waals surface area (Å²) in [7, 11) is 0. The summed E-state index contributed by atoms with van der Waals surface area (Å²) < 4.78 is 0. The van der Waals surface area contributed by atoms with E-state index < -0.39 is 4.92 Å². The molecule has 1 amide bonds. The monoisotopic (exact) mass is 340 g/mol. The van der Waals surface area contributed by atoms with Crippen LogP contribution in [0.25, 0.3) is 0 Å². The number of hydrogen-bond acceptors (Lipinski definition) is 3. The number of carbonyl (C=O) groups is 1. The number of amides is 1. The van der Waals surface area contributed by atoms with Gasteiger partial charge < -0.3 is 5.32 Å². The summed E-state index contributed by atoms with van der Waals surface area (Å²) in [6.07, 6.45) is 3.93. The maximum Gasteiger partial charge on any atom is 0.294 e. The molecule has 0 spiro atoms. The average molecular weight is 341 g/mol. The van der Waals surface area contributed by atoms with E-state index in [4.69, 9.17) is 23.2 Å². The van der Waals surface area contributed by atoms with Crippen LogP contribution in [0.15, 0.2) is 28.8 Å². The summed E-state index contributed by atoms with van der Waals surface area (Å²) in [5.74, 6) is 0.0706. The van der Waals surface area contributed by atoms with Crippen molar-refractivity contribution in [1.82, 2.24) is 0 Å². The molecule has 0 atom stereocenters. The van der Waals surface area contributed by atoms with Crippen molar-refractivity contribution in [1.29, 1.82) is 0 Å². The fourth-order valence-electron chi connectivity index (χ4n) is 3.30. The minimum Gasteiger partial charge on any atom is -0.316 e. The third-order valence-electron chi connectivity index (χ3n) is 4.40. The second-order valence-corrected chi connectivity index (χ2v) is 6.53. The van der Waals surface area contributed by atoms with Crippen molar-refractivity contribution in [3.63, 3.8) is 0 Å². The van der Waals surface area contributed by atoms with Gasteiger partial charge in [0.1, 0.15) is 5.69 Å². The number of nitrogens with one attached hydrogen (secondary N) is 1. The van der Waals surface area contributed by atoms with E-state index in [1.54, 1.807) is 0 Å². The first-order valence-corrected chi connectivity index (χ1v) is 7.88. The van der Waals surface area contributed by atoms with Gasteiger partial charge in [0.25, 0.3) is 11.6 Å². The molecule has 0 unspecified atom stereocenters. The number of allylic oxidation sites excluding steroid dienone is 1. The highest BCUT2D eigenvalue weighted by atomic mass is 35.5.